The van der Waals surface area contributed by atoms with E-state index >= 15 is 0 Å². The number of hydrogen-bond acceptors (Lipinski definition) is 3. The molecule has 0 aromatic heterocycles. The molecule has 18 heavy (non-hydrogen) atoms. The first-order valence-corrected chi connectivity index (χ1v) is 7.47. The number of methoxy groups -OCH3 is 1. The summed E-state index contributed by atoms with van der Waals surface area (Å²) in [6, 6.07) is 0. The molecule has 0 amide bonds. The van der Waals surface area contributed by atoms with Crippen LogP contribution in [0.1, 0.15) is 39.5 Å². The predicted molar refractivity (Wildman–Crippen MR) is 75.9 cm³/mol. The molecular formula is C15H30N2O. The molecule has 3 heteroatoms. The summed E-state index contributed by atoms with van der Waals surface area (Å²) in [4.78, 5) is 2.68. The Morgan fingerprint density at radius 2 is 1.67 bits per heavy atom. The molecular weight excluding hydrogens is 224 g/mol. The summed E-state index contributed by atoms with van der Waals surface area (Å²) >= 11 is 0. The summed E-state index contributed by atoms with van der Waals surface area (Å²) in [5.74, 6) is 0. The topological polar surface area (TPSA) is 24.5 Å². The van der Waals surface area contributed by atoms with Gasteiger partial charge in [-0.2, -0.15) is 0 Å². The molecule has 0 aromatic rings. The van der Waals surface area contributed by atoms with Crippen molar-refractivity contribution in [2.24, 2.45) is 10.8 Å². The molecule has 0 aromatic carbocycles. The van der Waals surface area contributed by atoms with Crippen LogP contribution in [0.4, 0.5) is 0 Å². The summed E-state index contributed by atoms with van der Waals surface area (Å²) in [5, 5.41) is 3.47. The predicted octanol–water partition coefficient (Wildman–Crippen LogP) is 2.12. The third-order valence-electron chi connectivity index (χ3n) is 4.88. The van der Waals surface area contributed by atoms with Crippen molar-refractivity contribution in [3.05, 3.63) is 0 Å². The van der Waals surface area contributed by atoms with Crippen molar-refractivity contribution in [3.8, 4) is 0 Å². The zero-order chi connectivity index (χ0) is 13.1. The van der Waals surface area contributed by atoms with Gasteiger partial charge in [0.2, 0.25) is 0 Å². The molecule has 3 nitrogen and oxygen atoms in total. The number of likely N-dealkylation sites (tertiary alicyclic amines) is 1. The van der Waals surface area contributed by atoms with Crippen molar-refractivity contribution >= 4 is 0 Å². The molecule has 2 aliphatic heterocycles. The van der Waals surface area contributed by atoms with Gasteiger partial charge < -0.3 is 15.0 Å². The van der Waals surface area contributed by atoms with Crippen LogP contribution in [0, 0.1) is 10.8 Å². The maximum atomic E-state index is 5.51. The van der Waals surface area contributed by atoms with Gasteiger partial charge in [0.05, 0.1) is 6.61 Å². The fraction of sp³-hybridized carbons (Fsp3) is 1.00. The first-order chi connectivity index (χ1) is 8.55. The number of nitrogens with zero attached hydrogens (tertiary/aromatic N) is 1. The standard InChI is InChI=1S/C15H30N2O/c1-14(2)6-10-17(11-7-14)12-15(13-18-3)4-8-16-9-5-15/h16H,4-13H2,1-3H3. The second-order valence-electron chi connectivity index (χ2n) is 7.12. The molecule has 2 fully saturated rings. The molecule has 106 valence electrons. The van der Waals surface area contributed by atoms with Crippen LogP contribution in [0.15, 0.2) is 0 Å². The van der Waals surface area contributed by atoms with Crippen molar-refractivity contribution in [1.29, 1.82) is 0 Å². The Morgan fingerprint density at radius 3 is 2.22 bits per heavy atom. The van der Waals surface area contributed by atoms with E-state index in [2.05, 4.69) is 24.1 Å². The number of ether oxygens (including phenoxy) is 1. The molecule has 0 unspecified atom stereocenters. The minimum Gasteiger partial charge on any atom is -0.384 e. The van der Waals surface area contributed by atoms with Crippen LogP contribution in [0.25, 0.3) is 0 Å². The molecule has 2 aliphatic rings. The van der Waals surface area contributed by atoms with E-state index < -0.39 is 0 Å². The SMILES string of the molecule is COCC1(CN2CCC(C)(C)CC2)CCNCC1. The average molecular weight is 254 g/mol. The van der Waals surface area contributed by atoms with E-state index in [4.69, 9.17) is 4.74 Å². The van der Waals surface area contributed by atoms with Crippen LogP contribution < -0.4 is 5.32 Å². The van der Waals surface area contributed by atoms with E-state index in [0.29, 0.717) is 10.8 Å². The highest BCUT2D eigenvalue weighted by Crippen LogP contribution is 2.34. The Labute approximate surface area is 112 Å². The maximum absolute atomic E-state index is 5.51. The van der Waals surface area contributed by atoms with E-state index in [1.807, 2.05) is 7.11 Å². The number of nitrogens with one attached hydrogen (secondary N) is 1. The zero-order valence-corrected chi connectivity index (χ0v) is 12.4. The molecule has 0 aliphatic carbocycles. The molecule has 1 N–H and O–H groups in total. The van der Waals surface area contributed by atoms with Gasteiger partial charge in [-0.1, -0.05) is 13.8 Å². The van der Waals surface area contributed by atoms with Crippen molar-refractivity contribution in [3.63, 3.8) is 0 Å². The van der Waals surface area contributed by atoms with Gasteiger partial charge in [0.25, 0.3) is 0 Å². The monoisotopic (exact) mass is 254 g/mol. The van der Waals surface area contributed by atoms with Gasteiger partial charge in [-0.05, 0) is 57.3 Å². The van der Waals surface area contributed by atoms with Crippen molar-refractivity contribution in [2.75, 3.05) is 46.4 Å². The largest absolute Gasteiger partial charge is 0.384 e. The highest BCUT2D eigenvalue weighted by molar-refractivity contribution is 4.89. The molecule has 2 saturated heterocycles. The lowest BCUT2D eigenvalue weighted by Gasteiger charge is -2.44. The Morgan fingerprint density at radius 1 is 1.06 bits per heavy atom. The lowest BCUT2D eigenvalue weighted by Crippen LogP contribution is -2.49. The third-order valence-corrected chi connectivity index (χ3v) is 4.88. The Kier molecular flexibility index (Phi) is 4.68. The van der Waals surface area contributed by atoms with Crippen LogP contribution in [0.3, 0.4) is 0 Å². The van der Waals surface area contributed by atoms with E-state index in [1.54, 1.807) is 0 Å². The summed E-state index contributed by atoms with van der Waals surface area (Å²) in [6.07, 6.45) is 5.21. The molecule has 0 bridgehead atoms. The Bertz CT molecular complexity index is 244. The molecule has 2 rings (SSSR count). The molecule has 0 spiro atoms. The van der Waals surface area contributed by atoms with E-state index in [1.165, 1.54) is 45.3 Å². The smallest absolute Gasteiger partial charge is 0.0531 e. The van der Waals surface area contributed by atoms with E-state index in [9.17, 15) is 0 Å². The van der Waals surface area contributed by atoms with E-state index in [0.717, 1.165) is 19.7 Å². The van der Waals surface area contributed by atoms with Crippen molar-refractivity contribution in [1.82, 2.24) is 10.2 Å². The molecule has 0 saturated carbocycles. The second-order valence-corrected chi connectivity index (χ2v) is 7.12. The minimum absolute atomic E-state index is 0.404. The van der Waals surface area contributed by atoms with Crippen molar-refractivity contribution in [2.45, 2.75) is 39.5 Å². The Balaban J connectivity index is 1.89. The number of piperidine rings is 2. The van der Waals surface area contributed by atoms with Gasteiger partial charge in [0.1, 0.15) is 0 Å². The maximum Gasteiger partial charge on any atom is 0.0531 e. The molecule has 2 heterocycles. The van der Waals surface area contributed by atoms with E-state index in [-0.39, 0.29) is 0 Å². The molecule has 0 atom stereocenters. The highest BCUT2D eigenvalue weighted by atomic mass is 16.5. The van der Waals surface area contributed by atoms with Gasteiger partial charge in [-0.15, -0.1) is 0 Å². The zero-order valence-electron chi connectivity index (χ0n) is 12.4. The van der Waals surface area contributed by atoms with Crippen LogP contribution in [-0.4, -0.2) is 51.3 Å². The first kappa shape index (κ1) is 14.3. The average Bonchev–Trinajstić information content (AvgIpc) is 2.34. The third kappa shape index (κ3) is 3.69. The fourth-order valence-electron chi connectivity index (χ4n) is 3.40. The van der Waals surface area contributed by atoms with Crippen molar-refractivity contribution < 1.29 is 4.74 Å². The fourth-order valence-corrected chi connectivity index (χ4v) is 3.40. The minimum atomic E-state index is 0.404. The molecule has 0 radical (unpaired) electrons. The van der Waals surface area contributed by atoms with Gasteiger partial charge in [-0.25, -0.2) is 0 Å². The first-order valence-electron chi connectivity index (χ1n) is 7.47. The van der Waals surface area contributed by atoms with Gasteiger partial charge in [0.15, 0.2) is 0 Å². The van der Waals surface area contributed by atoms with Gasteiger partial charge in [-0.3, -0.25) is 0 Å². The number of rotatable bonds is 4. The van der Waals surface area contributed by atoms with Gasteiger partial charge in [0, 0.05) is 19.1 Å². The van der Waals surface area contributed by atoms with Crippen LogP contribution in [0.5, 0.6) is 0 Å². The second kappa shape index (κ2) is 5.89. The quantitative estimate of drug-likeness (QED) is 0.832. The summed E-state index contributed by atoms with van der Waals surface area (Å²) < 4.78 is 5.51. The Hall–Kier alpha value is -0.120. The van der Waals surface area contributed by atoms with Crippen LogP contribution in [-0.2, 0) is 4.74 Å². The lowest BCUT2D eigenvalue weighted by molar-refractivity contribution is 0.00697. The number of hydrogen-bond donors (Lipinski definition) is 1. The van der Waals surface area contributed by atoms with Gasteiger partial charge >= 0.3 is 0 Å². The van der Waals surface area contributed by atoms with Crippen LogP contribution in [0.2, 0.25) is 0 Å². The van der Waals surface area contributed by atoms with Crippen LogP contribution >= 0.6 is 0 Å². The lowest BCUT2D eigenvalue weighted by atomic mass is 9.77. The summed E-state index contributed by atoms with van der Waals surface area (Å²) in [5.41, 5.74) is 0.959. The summed E-state index contributed by atoms with van der Waals surface area (Å²) in [7, 11) is 1.85. The highest BCUT2D eigenvalue weighted by Gasteiger charge is 2.36. The normalized spacial score (nSPS) is 28.2. The summed E-state index contributed by atoms with van der Waals surface area (Å²) in [6.45, 7) is 11.8.